The fourth-order valence-electron chi connectivity index (χ4n) is 3.19. The molecule has 1 saturated heterocycles. The van der Waals surface area contributed by atoms with E-state index in [1.807, 2.05) is 18.2 Å². The zero-order valence-corrected chi connectivity index (χ0v) is 17.2. The van der Waals surface area contributed by atoms with Crippen LogP contribution < -0.4 is 20.1 Å². The predicted molar refractivity (Wildman–Crippen MR) is 109 cm³/mol. The van der Waals surface area contributed by atoms with Gasteiger partial charge in [-0.3, -0.25) is 9.89 Å². The van der Waals surface area contributed by atoms with Crippen molar-refractivity contribution < 1.29 is 14.2 Å². The normalized spacial score (nSPS) is 18.4. The van der Waals surface area contributed by atoms with Crippen LogP contribution in [0, 0.1) is 5.92 Å². The van der Waals surface area contributed by atoms with Crippen LogP contribution in [-0.4, -0.2) is 71.0 Å². The minimum Gasteiger partial charge on any atom is -0.493 e. The van der Waals surface area contributed by atoms with Gasteiger partial charge >= 0.3 is 0 Å². The molecule has 1 aromatic carbocycles. The molecule has 0 radical (unpaired) electrons. The van der Waals surface area contributed by atoms with Gasteiger partial charge in [0, 0.05) is 39.8 Å². The molecule has 1 unspecified atom stereocenters. The zero-order valence-electron chi connectivity index (χ0n) is 17.2. The Morgan fingerprint density at radius 1 is 1.26 bits per heavy atom. The molecule has 0 amide bonds. The summed E-state index contributed by atoms with van der Waals surface area (Å²) in [7, 11) is 5.05. The Balaban J connectivity index is 1.80. The molecule has 7 heteroatoms. The van der Waals surface area contributed by atoms with Crippen LogP contribution in [-0.2, 0) is 11.3 Å². The number of methoxy groups -OCH3 is 2. The zero-order chi connectivity index (χ0) is 19.6. The van der Waals surface area contributed by atoms with Gasteiger partial charge < -0.3 is 24.8 Å². The lowest BCUT2D eigenvalue weighted by Crippen LogP contribution is -2.50. The fraction of sp³-hybridized carbons (Fsp3) is 0.650. The Morgan fingerprint density at radius 3 is 2.70 bits per heavy atom. The van der Waals surface area contributed by atoms with Gasteiger partial charge in [0.25, 0.3) is 0 Å². The van der Waals surface area contributed by atoms with Crippen LogP contribution in [0.2, 0.25) is 0 Å². The second kappa shape index (κ2) is 11.0. The molecule has 0 aliphatic carbocycles. The van der Waals surface area contributed by atoms with Gasteiger partial charge in [0.2, 0.25) is 0 Å². The first-order valence-corrected chi connectivity index (χ1v) is 9.55. The van der Waals surface area contributed by atoms with Crippen LogP contribution >= 0.6 is 0 Å². The fourth-order valence-corrected chi connectivity index (χ4v) is 3.19. The van der Waals surface area contributed by atoms with Crippen LogP contribution in [0.25, 0.3) is 0 Å². The first kappa shape index (κ1) is 21.3. The molecule has 1 aliphatic heterocycles. The van der Waals surface area contributed by atoms with Crippen molar-refractivity contribution in [3.8, 4) is 11.5 Å². The first-order chi connectivity index (χ1) is 13.0. The van der Waals surface area contributed by atoms with Gasteiger partial charge in [-0.1, -0.05) is 19.9 Å². The van der Waals surface area contributed by atoms with Gasteiger partial charge in [-0.05, 0) is 23.6 Å². The highest BCUT2D eigenvalue weighted by atomic mass is 16.5. The summed E-state index contributed by atoms with van der Waals surface area (Å²) in [4.78, 5) is 6.77. The SMILES string of the molecule is CN=C(NCc1ccc(OC)c(OC)c1)NCC1CN(CC(C)C)CCO1. The van der Waals surface area contributed by atoms with Crippen molar-refractivity contribution >= 4 is 5.96 Å². The lowest BCUT2D eigenvalue weighted by atomic mass is 10.2. The number of guanidine groups is 1. The molecule has 152 valence electrons. The summed E-state index contributed by atoms with van der Waals surface area (Å²) in [5.74, 6) is 2.88. The minimum absolute atomic E-state index is 0.178. The van der Waals surface area contributed by atoms with Crippen molar-refractivity contribution in [3.05, 3.63) is 23.8 Å². The maximum absolute atomic E-state index is 5.89. The summed E-state index contributed by atoms with van der Waals surface area (Å²) in [6, 6.07) is 5.88. The van der Waals surface area contributed by atoms with Crippen LogP contribution in [0.4, 0.5) is 0 Å². The average Bonchev–Trinajstić information content (AvgIpc) is 2.67. The van der Waals surface area contributed by atoms with E-state index in [0.29, 0.717) is 12.5 Å². The highest BCUT2D eigenvalue weighted by molar-refractivity contribution is 5.79. The van der Waals surface area contributed by atoms with E-state index in [0.717, 1.165) is 55.8 Å². The molecule has 0 aromatic heterocycles. The number of hydrogen-bond donors (Lipinski definition) is 2. The van der Waals surface area contributed by atoms with E-state index >= 15 is 0 Å². The highest BCUT2D eigenvalue weighted by Crippen LogP contribution is 2.27. The van der Waals surface area contributed by atoms with Crippen LogP contribution in [0.15, 0.2) is 23.2 Å². The van der Waals surface area contributed by atoms with E-state index in [2.05, 4.69) is 34.4 Å². The number of aliphatic imine (C=N–C) groups is 1. The Bertz CT molecular complexity index is 607. The third kappa shape index (κ3) is 6.92. The Kier molecular flexibility index (Phi) is 8.67. The largest absolute Gasteiger partial charge is 0.493 e. The molecular formula is C20H34N4O3. The van der Waals surface area contributed by atoms with Crippen molar-refractivity contribution in [1.82, 2.24) is 15.5 Å². The molecule has 1 atom stereocenters. The average molecular weight is 379 g/mol. The van der Waals surface area contributed by atoms with Crippen LogP contribution in [0.1, 0.15) is 19.4 Å². The summed E-state index contributed by atoms with van der Waals surface area (Å²) in [5, 5.41) is 6.70. The molecule has 0 saturated carbocycles. The van der Waals surface area contributed by atoms with Crippen molar-refractivity contribution in [3.63, 3.8) is 0 Å². The van der Waals surface area contributed by atoms with Gasteiger partial charge in [-0.25, -0.2) is 0 Å². The summed E-state index contributed by atoms with van der Waals surface area (Å²) >= 11 is 0. The third-order valence-electron chi connectivity index (χ3n) is 4.47. The number of ether oxygens (including phenoxy) is 3. The van der Waals surface area contributed by atoms with E-state index < -0.39 is 0 Å². The molecule has 2 N–H and O–H groups in total. The van der Waals surface area contributed by atoms with Crippen LogP contribution in [0.3, 0.4) is 0 Å². The van der Waals surface area contributed by atoms with Gasteiger partial charge in [0.05, 0.1) is 26.9 Å². The Hall–Kier alpha value is -1.99. The molecule has 1 aromatic rings. The summed E-state index contributed by atoms with van der Waals surface area (Å²) in [6.07, 6.45) is 0.178. The molecule has 0 bridgehead atoms. The molecule has 1 aliphatic rings. The number of nitrogens with zero attached hydrogens (tertiary/aromatic N) is 2. The van der Waals surface area contributed by atoms with E-state index in [1.54, 1.807) is 21.3 Å². The van der Waals surface area contributed by atoms with E-state index in [1.165, 1.54) is 0 Å². The molecule has 27 heavy (non-hydrogen) atoms. The van der Waals surface area contributed by atoms with Crippen molar-refractivity contribution in [2.45, 2.75) is 26.5 Å². The topological polar surface area (TPSA) is 67.4 Å². The van der Waals surface area contributed by atoms with Crippen molar-refractivity contribution in [2.24, 2.45) is 10.9 Å². The van der Waals surface area contributed by atoms with Gasteiger partial charge in [0.15, 0.2) is 17.5 Å². The summed E-state index contributed by atoms with van der Waals surface area (Å²) < 4.78 is 16.5. The first-order valence-electron chi connectivity index (χ1n) is 9.55. The van der Waals surface area contributed by atoms with Crippen LogP contribution in [0.5, 0.6) is 11.5 Å². The van der Waals surface area contributed by atoms with E-state index in [9.17, 15) is 0 Å². The van der Waals surface area contributed by atoms with Crippen molar-refractivity contribution in [1.29, 1.82) is 0 Å². The third-order valence-corrected chi connectivity index (χ3v) is 4.47. The molecule has 0 spiro atoms. The van der Waals surface area contributed by atoms with E-state index in [-0.39, 0.29) is 6.10 Å². The number of nitrogens with one attached hydrogen (secondary N) is 2. The maximum atomic E-state index is 5.89. The lowest BCUT2D eigenvalue weighted by molar-refractivity contribution is -0.0284. The Morgan fingerprint density at radius 2 is 2.04 bits per heavy atom. The number of rotatable bonds is 8. The predicted octanol–water partition coefficient (Wildman–Crippen LogP) is 1.73. The standard InChI is InChI=1S/C20H34N4O3/c1-15(2)13-24-8-9-27-17(14-24)12-23-20(21-3)22-11-16-6-7-18(25-4)19(10-16)26-5/h6-7,10,15,17H,8-9,11-14H2,1-5H3,(H2,21,22,23). The summed E-state index contributed by atoms with van der Waals surface area (Å²) in [5.41, 5.74) is 1.09. The number of benzene rings is 1. The number of hydrogen-bond acceptors (Lipinski definition) is 5. The monoisotopic (exact) mass is 378 g/mol. The minimum atomic E-state index is 0.178. The molecule has 7 nitrogen and oxygen atoms in total. The second-order valence-corrected chi connectivity index (χ2v) is 7.14. The highest BCUT2D eigenvalue weighted by Gasteiger charge is 2.21. The summed E-state index contributed by atoms with van der Waals surface area (Å²) in [6.45, 7) is 9.76. The smallest absolute Gasteiger partial charge is 0.191 e. The van der Waals surface area contributed by atoms with Gasteiger partial charge in [0.1, 0.15) is 0 Å². The van der Waals surface area contributed by atoms with Gasteiger partial charge in [-0.15, -0.1) is 0 Å². The Labute approximate surface area is 163 Å². The second-order valence-electron chi connectivity index (χ2n) is 7.14. The molecule has 1 heterocycles. The van der Waals surface area contributed by atoms with Gasteiger partial charge in [-0.2, -0.15) is 0 Å². The lowest BCUT2D eigenvalue weighted by Gasteiger charge is -2.34. The maximum Gasteiger partial charge on any atom is 0.191 e. The van der Waals surface area contributed by atoms with E-state index in [4.69, 9.17) is 14.2 Å². The molecule has 2 rings (SSSR count). The number of morpholine rings is 1. The molecule has 1 fully saturated rings. The van der Waals surface area contributed by atoms with Crippen molar-refractivity contribution in [2.75, 3.05) is 54.1 Å². The quantitative estimate of drug-likeness (QED) is 0.530. The molecular weight excluding hydrogens is 344 g/mol.